The van der Waals surface area contributed by atoms with Crippen molar-refractivity contribution in [1.82, 2.24) is 10.2 Å². The first-order valence-electron chi connectivity index (χ1n) is 13.4. The van der Waals surface area contributed by atoms with E-state index in [9.17, 15) is 18.0 Å². The predicted octanol–water partition coefficient (Wildman–Crippen LogP) is 5.09. The van der Waals surface area contributed by atoms with E-state index in [1.807, 2.05) is 75.4 Å². The number of methoxy groups -OCH3 is 1. The van der Waals surface area contributed by atoms with Crippen LogP contribution >= 0.6 is 15.9 Å². The first-order chi connectivity index (χ1) is 19.4. The molecule has 0 aliphatic carbocycles. The number of benzene rings is 3. The van der Waals surface area contributed by atoms with Gasteiger partial charge in [0.15, 0.2) is 0 Å². The number of carbonyl (C=O) groups is 2. The highest BCUT2D eigenvalue weighted by atomic mass is 79.9. The molecule has 1 N–H and O–H groups in total. The van der Waals surface area contributed by atoms with Gasteiger partial charge in [0, 0.05) is 23.5 Å². The maximum absolute atomic E-state index is 14.2. The van der Waals surface area contributed by atoms with E-state index in [1.54, 1.807) is 18.2 Å². The smallest absolute Gasteiger partial charge is 0.244 e. The lowest BCUT2D eigenvalue weighted by Gasteiger charge is -2.34. The van der Waals surface area contributed by atoms with Gasteiger partial charge >= 0.3 is 0 Å². The number of amides is 2. The number of rotatable bonds is 13. The molecule has 8 nitrogen and oxygen atoms in total. The molecule has 0 radical (unpaired) electrons. The lowest BCUT2D eigenvalue weighted by atomic mass is 10.0. The van der Waals surface area contributed by atoms with Crippen molar-refractivity contribution in [2.45, 2.75) is 52.2 Å². The first kappa shape index (κ1) is 32.1. The Morgan fingerprint density at radius 1 is 1.00 bits per heavy atom. The van der Waals surface area contributed by atoms with Crippen LogP contribution in [0.15, 0.2) is 77.3 Å². The third-order valence-electron chi connectivity index (χ3n) is 6.82. The van der Waals surface area contributed by atoms with Gasteiger partial charge in [-0.25, -0.2) is 8.42 Å². The number of carbonyl (C=O) groups excluding carboxylic acids is 2. The van der Waals surface area contributed by atoms with E-state index in [0.29, 0.717) is 5.75 Å². The number of ether oxygens (including phenoxy) is 1. The second-order valence-corrected chi connectivity index (χ2v) is 12.9. The van der Waals surface area contributed by atoms with Crippen molar-refractivity contribution in [1.29, 1.82) is 0 Å². The Labute approximate surface area is 251 Å². The summed E-state index contributed by atoms with van der Waals surface area (Å²) in [5.41, 5.74) is 2.75. The zero-order valence-corrected chi connectivity index (χ0v) is 26.5. The number of halogens is 1. The van der Waals surface area contributed by atoms with E-state index in [0.717, 1.165) is 38.1 Å². The van der Waals surface area contributed by atoms with Crippen molar-refractivity contribution in [3.05, 3.63) is 94.0 Å². The largest absolute Gasteiger partial charge is 0.495 e. The van der Waals surface area contributed by atoms with Crippen LogP contribution in [0.2, 0.25) is 0 Å². The summed E-state index contributed by atoms with van der Waals surface area (Å²) in [6, 6.07) is 21.1. The average Bonchev–Trinajstić information content (AvgIpc) is 2.94. The Bertz CT molecular complexity index is 1430. The van der Waals surface area contributed by atoms with Crippen molar-refractivity contribution >= 4 is 43.5 Å². The second-order valence-electron chi connectivity index (χ2n) is 10.1. The Kier molecular flexibility index (Phi) is 11.4. The van der Waals surface area contributed by atoms with Crippen LogP contribution in [0, 0.1) is 6.92 Å². The summed E-state index contributed by atoms with van der Waals surface area (Å²) in [5, 5.41) is 3.03. The fraction of sp³-hybridized carbons (Fsp3) is 0.355. The lowest BCUT2D eigenvalue weighted by Crippen LogP contribution is -2.54. The Hall–Kier alpha value is -3.37. The second kappa shape index (κ2) is 14.5. The molecule has 2 amide bonds. The van der Waals surface area contributed by atoms with E-state index in [-0.39, 0.29) is 30.6 Å². The van der Waals surface area contributed by atoms with Crippen LogP contribution in [-0.2, 0) is 32.6 Å². The molecule has 0 fully saturated rings. The van der Waals surface area contributed by atoms with Gasteiger partial charge in [-0.05, 0) is 61.2 Å². The van der Waals surface area contributed by atoms with E-state index < -0.39 is 28.5 Å². The minimum absolute atomic E-state index is 0.102. The van der Waals surface area contributed by atoms with Gasteiger partial charge in [0.2, 0.25) is 21.8 Å². The standard InChI is InChI=1S/C31H38BrN3O5S/c1-6-23(3)33-31(37)28(19-24-10-8-7-9-11-24)34(20-25-13-15-26(32)16-14-25)30(36)21-35(41(5,38)39)27-18-22(2)12-17-29(27)40-4/h7-18,23,28H,6,19-21H2,1-5H3,(H,33,37)/t23-,28-/m0/s1. The fourth-order valence-corrected chi connectivity index (χ4v) is 5.48. The zero-order valence-electron chi connectivity index (χ0n) is 24.1. The number of hydrogen-bond acceptors (Lipinski definition) is 5. The van der Waals surface area contributed by atoms with E-state index in [2.05, 4.69) is 21.2 Å². The van der Waals surface area contributed by atoms with Crippen LogP contribution in [0.1, 0.15) is 37.0 Å². The van der Waals surface area contributed by atoms with Gasteiger partial charge in [0.25, 0.3) is 0 Å². The number of anilines is 1. The Morgan fingerprint density at radius 3 is 2.24 bits per heavy atom. The van der Waals surface area contributed by atoms with Gasteiger partial charge in [-0.2, -0.15) is 0 Å². The summed E-state index contributed by atoms with van der Waals surface area (Å²) in [7, 11) is -2.45. The van der Waals surface area contributed by atoms with Crippen LogP contribution in [0.5, 0.6) is 5.75 Å². The molecule has 0 aromatic heterocycles. The molecule has 2 atom stereocenters. The predicted molar refractivity (Wildman–Crippen MR) is 166 cm³/mol. The quantitative estimate of drug-likeness (QED) is 0.280. The highest BCUT2D eigenvalue weighted by Gasteiger charge is 2.34. The van der Waals surface area contributed by atoms with Crippen molar-refractivity contribution in [2.24, 2.45) is 0 Å². The zero-order chi connectivity index (χ0) is 30.2. The Morgan fingerprint density at radius 2 is 1.66 bits per heavy atom. The molecule has 0 saturated carbocycles. The van der Waals surface area contributed by atoms with E-state index >= 15 is 0 Å². The number of nitrogens with one attached hydrogen (secondary N) is 1. The molecule has 41 heavy (non-hydrogen) atoms. The summed E-state index contributed by atoms with van der Waals surface area (Å²) in [6.45, 7) is 5.33. The number of hydrogen-bond donors (Lipinski definition) is 1. The van der Waals surface area contributed by atoms with Gasteiger partial charge in [0.1, 0.15) is 18.3 Å². The minimum Gasteiger partial charge on any atom is -0.495 e. The molecule has 0 bridgehead atoms. The molecule has 3 aromatic carbocycles. The molecule has 10 heteroatoms. The fourth-order valence-electron chi connectivity index (χ4n) is 4.37. The van der Waals surface area contributed by atoms with Crippen molar-refractivity contribution in [2.75, 3.05) is 24.2 Å². The van der Waals surface area contributed by atoms with E-state index in [4.69, 9.17) is 4.74 Å². The molecular weight excluding hydrogens is 606 g/mol. The number of aryl methyl sites for hydroxylation is 1. The van der Waals surface area contributed by atoms with Gasteiger partial charge in [-0.15, -0.1) is 0 Å². The van der Waals surface area contributed by atoms with Crippen molar-refractivity contribution in [3.63, 3.8) is 0 Å². The topological polar surface area (TPSA) is 96.0 Å². The van der Waals surface area contributed by atoms with Gasteiger partial charge < -0.3 is 15.0 Å². The van der Waals surface area contributed by atoms with Gasteiger partial charge in [-0.3, -0.25) is 13.9 Å². The molecule has 0 spiro atoms. The van der Waals surface area contributed by atoms with Crippen LogP contribution in [0.3, 0.4) is 0 Å². The van der Waals surface area contributed by atoms with Crippen molar-refractivity contribution < 1.29 is 22.7 Å². The summed E-state index contributed by atoms with van der Waals surface area (Å²) in [5.74, 6) is -0.488. The molecule has 220 valence electrons. The minimum atomic E-state index is -3.90. The molecule has 0 heterocycles. The monoisotopic (exact) mass is 643 g/mol. The maximum atomic E-state index is 14.2. The maximum Gasteiger partial charge on any atom is 0.244 e. The normalized spacial score (nSPS) is 12.7. The third kappa shape index (κ3) is 9.06. The molecule has 0 saturated heterocycles. The van der Waals surface area contributed by atoms with Gasteiger partial charge in [-0.1, -0.05) is 71.4 Å². The number of sulfonamides is 1. The van der Waals surface area contributed by atoms with Crippen LogP contribution < -0.4 is 14.4 Å². The molecular formula is C31H38BrN3O5S. The summed E-state index contributed by atoms with van der Waals surface area (Å²) in [6.07, 6.45) is 2.04. The molecule has 0 unspecified atom stereocenters. The third-order valence-corrected chi connectivity index (χ3v) is 8.48. The lowest BCUT2D eigenvalue weighted by molar-refractivity contribution is -0.140. The van der Waals surface area contributed by atoms with E-state index in [1.165, 1.54) is 12.0 Å². The first-order valence-corrected chi connectivity index (χ1v) is 16.1. The molecule has 0 aliphatic heterocycles. The Balaban J connectivity index is 2.10. The van der Waals surface area contributed by atoms with Crippen LogP contribution in [-0.4, -0.2) is 57.1 Å². The highest BCUT2D eigenvalue weighted by molar-refractivity contribution is 9.10. The van der Waals surface area contributed by atoms with Gasteiger partial charge in [0.05, 0.1) is 19.1 Å². The summed E-state index contributed by atoms with van der Waals surface area (Å²) < 4.78 is 33.5. The van der Waals surface area contributed by atoms with Crippen molar-refractivity contribution in [3.8, 4) is 5.75 Å². The molecule has 0 aliphatic rings. The van der Waals surface area contributed by atoms with Crippen LogP contribution in [0.4, 0.5) is 5.69 Å². The highest BCUT2D eigenvalue weighted by Crippen LogP contribution is 2.31. The summed E-state index contributed by atoms with van der Waals surface area (Å²) >= 11 is 3.44. The SMILES string of the molecule is CC[C@H](C)NC(=O)[C@H](Cc1ccccc1)N(Cc1ccc(Br)cc1)C(=O)CN(c1cc(C)ccc1OC)S(C)(=O)=O. The number of nitrogens with zero attached hydrogens (tertiary/aromatic N) is 2. The summed E-state index contributed by atoms with van der Waals surface area (Å²) in [4.78, 5) is 29.4. The molecule has 3 rings (SSSR count). The van der Waals surface area contributed by atoms with Crippen LogP contribution in [0.25, 0.3) is 0 Å². The molecule has 3 aromatic rings. The average molecular weight is 645 g/mol.